The van der Waals surface area contributed by atoms with Gasteiger partial charge in [-0.05, 0) is 19.9 Å². The summed E-state index contributed by atoms with van der Waals surface area (Å²) in [7, 11) is 2.06. The molecule has 2 aromatic heterocycles. The van der Waals surface area contributed by atoms with Crippen molar-refractivity contribution in [2.24, 2.45) is 5.73 Å². The molecule has 0 aliphatic heterocycles. The van der Waals surface area contributed by atoms with E-state index in [2.05, 4.69) is 33.4 Å². The first-order valence-electron chi connectivity index (χ1n) is 5.87. The van der Waals surface area contributed by atoms with E-state index in [1.165, 1.54) is 0 Å². The van der Waals surface area contributed by atoms with E-state index >= 15 is 0 Å². The van der Waals surface area contributed by atoms with E-state index in [1.54, 1.807) is 11.3 Å². The van der Waals surface area contributed by atoms with Crippen molar-refractivity contribution in [2.75, 3.05) is 11.9 Å². The molecule has 0 aliphatic carbocycles. The third kappa shape index (κ3) is 2.68. The Hall–Kier alpha value is -1.46. The standard InChI is InChI=1S/C13H18N4S/c1-9-4-13(12(5-14)10(2)16-9)17(3)6-11-7-18-8-15-11/h4,7-8H,5-6,14H2,1-3H3. The normalized spacial score (nSPS) is 10.7. The molecular weight excluding hydrogens is 244 g/mol. The summed E-state index contributed by atoms with van der Waals surface area (Å²) < 4.78 is 0. The summed E-state index contributed by atoms with van der Waals surface area (Å²) in [6.07, 6.45) is 0. The summed E-state index contributed by atoms with van der Waals surface area (Å²) in [6.45, 7) is 5.32. The number of thiazole rings is 1. The summed E-state index contributed by atoms with van der Waals surface area (Å²) in [5.74, 6) is 0. The van der Waals surface area contributed by atoms with E-state index in [9.17, 15) is 0 Å². The number of nitrogens with two attached hydrogens (primary N) is 1. The molecule has 18 heavy (non-hydrogen) atoms. The Labute approximate surface area is 111 Å². The van der Waals surface area contributed by atoms with Crippen LogP contribution in [0.2, 0.25) is 0 Å². The molecule has 5 heteroatoms. The lowest BCUT2D eigenvalue weighted by Crippen LogP contribution is -2.20. The van der Waals surface area contributed by atoms with Gasteiger partial charge in [-0.3, -0.25) is 4.98 Å². The second kappa shape index (κ2) is 5.46. The second-order valence-corrected chi connectivity index (χ2v) is 5.11. The minimum atomic E-state index is 0.510. The lowest BCUT2D eigenvalue weighted by atomic mass is 10.1. The highest BCUT2D eigenvalue weighted by Gasteiger charge is 2.12. The molecule has 0 amide bonds. The minimum Gasteiger partial charge on any atom is -0.368 e. The van der Waals surface area contributed by atoms with Crippen molar-refractivity contribution < 1.29 is 0 Å². The van der Waals surface area contributed by atoms with E-state index in [1.807, 2.05) is 19.4 Å². The molecular formula is C13H18N4S. The number of anilines is 1. The molecule has 0 radical (unpaired) electrons. The Morgan fingerprint density at radius 1 is 1.39 bits per heavy atom. The maximum atomic E-state index is 5.83. The fraction of sp³-hybridized carbons (Fsp3) is 0.385. The lowest BCUT2D eigenvalue weighted by Gasteiger charge is -2.22. The van der Waals surface area contributed by atoms with E-state index in [0.717, 1.165) is 34.9 Å². The zero-order chi connectivity index (χ0) is 13.1. The highest BCUT2D eigenvalue weighted by molar-refractivity contribution is 7.07. The van der Waals surface area contributed by atoms with Gasteiger partial charge in [-0.15, -0.1) is 11.3 Å². The van der Waals surface area contributed by atoms with Crippen LogP contribution in [-0.4, -0.2) is 17.0 Å². The van der Waals surface area contributed by atoms with Gasteiger partial charge in [-0.25, -0.2) is 4.98 Å². The van der Waals surface area contributed by atoms with Crippen LogP contribution < -0.4 is 10.6 Å². The van der Waals surface area contributed by atoms with Gasteiger partial charge in [-0.1, -0.05) is 0 Å². The molecule has 4 nitrogen and oxygen atoms in total. The van der Waals surface area contributed by atoms with Gasteiger partial charge in [0.25, 0.3) is 0 Å². The summed E-state index contributed by atoms with van der Waals surface area (Å²) in [5.41, 5.74) is 13.1. The van der Waals surface area contributed by atoms with Crippen LogP contribution in [0.3, 0.4) is 0 Å². The molecule has 0 unspecified atom stereocenters. The molecule has 0 aliphatic rings. The molecule has 0 saturated carbocycles. The number of pyridine rings is 1. The molecule has 2 N–H and O–H groups in total. The SMILES string of the molecule is Cc1cc(N(C)Cc2cscn2)c(CN)c(C)n1. The van der Waals surface area contributed by atoms with Gasteiger partial charge in [0.15, 0.2) is 0 Å². The van der Waals surface area contributed by atoms with Crippen LogP contribution in [-0.2, 0) is 13.1 Å². The summed E-state index contributed by atoms with van der Waals surface area (Å²) in [6, 6.07) is 2.08. The lowest BCUT2D eigenvalue weighted by molar-refractivity contribution is 0.866. The summed E-state index contributed by atoms with van der Waals surface area (Å²) in [4.78, 5) is 11.0. The zero-order valence-corrected chi connectivity index (χ0v) is 11.8. The first kappa shape index (κ1) is 13.0. The Bertz CT molecular complexity index is 522. The van der Waals surface area contributed by atoms with Gasteiger partial charge >= 0.3 is 0 Å². The van der Waals surface area contributed by atoms with Crippen LogP contribution in [0.25, 0.3) is 0 Å². The molecule has 0 atom stereocenters. The quantitative estimate of drug-likeness (QED) is 0.918. The van der Waals surface area contributed by atoms with Crippen molar-refractivity contribution in [3.8, 4) is 0 Å². The van der Waals surface area contributed by atoms with Crippen LogP contribution in [0, 0.1) is 13.8 Å². The average molecular weight is 262 g/mol. The van der Waals surface area contributed by atoms with Crippen molar-refractivity contribution in [1.82, 2.24) is 9.97 Å². The highest BCUT2D eigenvalue weighted by Crippen LogP contribution is 2.24. The number of aromatic nitrogens is 2. The van der Waals surface area contributed by atoms with Gasteiger partial charge in [0.2, 0.25) is 0 Å². The summed E-state index contributed by atoms with van der Waals surface area (Å²) >= 11 is 1.62. The summed E-state index contributed by atoms with van der Waals surface area (Å²) in [5, 5.41) is 2.07. The molecule has 0 fully saturated rings. The Morgan fingerprint density at radius 2 is 2.17 bits per heavy atom. The van der Waals surface area contributed by atoms with E-state index in [0.29, 0.717) is 6.54 Å². The van der Waals surface area contributed by atoms with Gasteiger partial charge in [0, 0.05) is 41.6 Å². The fourth-order valence-corrected chi connectivity index (χ4v) is 2.62. The number of aryl methyl sites for hydroxylation is 2. The van der Waals surface area contributed by atoms with Crippen molar-refractivity contribution >= 4 is 17.0 Å². The minimum absolute atomic E-state index is 0.510. The maximum Gasteiger partial charge on any atom is 0.0795 e. The first-order valence-corrected chi connectivity index (χ1v) is 6.81. The van der Waals surface area contributed by atoms with E-state index < -0.39 is 0 Å². The van der Waals surface area contributed by atoms with Crippen LogP contribution in [0.1, 0.15) is 22.6 Å². The first-order chi connectivity index (χ1) is 8.61. The monoisotopic (exact) mass is 262 g/mol. The smallest absolute Gasteiger partial charge is 0.0795 e. The van der Waals surface area contributed by atoms with Crippen molar-refractivity contribution in [3.05, 3.63) is 39.6 Å². The maximum absolute atomic E-state index is 5.83. The van der Waals surface area contributed by atoms with Crippen LogP contribution >= 0.6 is 11.3 Å². The molecule has 2 rings (SSSR count). The van der Waals surface area contributed by atoms with E-state index in [-0.39, 0.29) is 0 Å². The van der Waals surface area contributed by atoms with Crippen molar-refractivity contribution in [2.45, 2.75) is 26.9 Å². The van der Waals surface area contributed by atoms with Crippen LogP contribution in [0.5, 0.6) is 0 Å². The predicted molar refractivity (Wildman–Crippen MR) is 75.8 cm³/mol. The Morgan fingerprint density at radius 3 is 2.78 bits per heavy atom. The third-order valence-electron chi connectivity index (χ3n) is 2.93. The topological polar surface area (TPSA) is 55.0 Å². The molecule has 0 bridgehead atoms. The van der Waals surface area contributed by atoms with Gasteiger partial charge < -0.3 is 10.6 Å². The fourth-order valence-electron chi connectivity index (χ4n) is 2.07. The molecule has 2 heterocycles. The molecule has 0 saturated heterocycles. The van der Waals surface area contributed by atoms with Gasteiger partial charge in [-0.2, -0.15) is 0 Å². The molecule has 0 aromatic carbocycles. The predicted octanol–water partition coefficient (Wildman–Crippen LogP) is 2.25. The van der Waals surface area contributed by atoms with Crippen LogP contribution in [0.15, 0.2) is 17.0 Å². The van der Waals surface area contributed by atoms with Crippen molar-refractivity contribution in [1.29, 1.82) is 0 Å². The van der Waals surface area contributed by atoms with Crippen molar-refractivity contribution in [3.63, 3.8) is 0 Å². The van der Waals surface area contributed by atoms with Crippen LogP contribution in [0.4, 0.5) is 5.69 Å². The number of hydrogen-bond donors (Lipinski definition) is 1. The number of rotatable bonds is 4. The average Bonchev–Trinajstić information content (AvgIpc) is 2.80. The molecule has 0 spiro atoms. The van der Waals surface area contributed by atoms with Gasteiger partial charge in [0.05, 0.1) is 17.7 Å². The Kier molecular flexibility index (Phi) is 3.93. The van der Waals surface area contributed by atoms with E-state index in [4.69, 9.17) is 5.73 Å². The third-order valence-corrected chi connectivity index (χ3v) is 3.57. The molecule has 2 aromatic rings. The Balaban J connectivity index is 2.31. The second-order valence-electron chi connectivity index (χ2n) is 4.39. The molecule has 96 valence electrons. The largest absolute Gasteiger partial charge is 0.368 e. The highest BCUT2D eigenvalue weighted by atomic mass is 32.1. The zero-order valence-electron chi connectivity index (χ0n) is 11.0. The number of nitrogens with zero attached hydrogens (tertiary/aromatic N) is 3. The number of hydrogen-bond acceptors (Lipinski definition) is 5. The van der Waals surface area contributed by atoms with Gasteiger partial charge in [0.1, 0.15) is 0 Å².